The minimum Gasteiger partial charge on any atom is -0.378 e. The molecule has 0 unspecified atom stereocenters. The summed E-state index contributed by atoms with van der Waals surface area (Å²) in [7, 11) is 3.95. The van der Waals surface area contributed by atoms with Gasteiger partial charge in [-0.15, -0.1) is 11.6 Å². The van der Waals surface area contributed by atoms with Gasteiger partial charge in [-0.2, -0.15) is 0 Å². The van der Waals surface area contributed by atoms with Crippen LogP contribution in [0.25, 0.3) is 0 Å². The molecule has 98 valence electrons. The average molecular weight is 267 g/mol. The fourth-order valence-corrected chi connectivity index (χ4v) is 2.19. The molecular formula is C14H19ClN2O. The third kappa shape index (κ3) is 2.96. The number of carbonyl (C=O) groups is 1. The summed E-state index contributed by atoms with van der Waals surface area (Å²) >= 11 is 5.78. The maximum atomic E-state index is 12.4. The van der Waals surface area contributed by atoms with Gasteiger partial charge >= 0.3 is 0 Å². The summed E-state index contributed by atoms with van der Waals surface area (Å²) in [6.07, 6.45) is 2.21. The van der Waals surface area contributed by atoms with Crippen molar-refractivity contribution in [2.24, 2.45) is 0 Å². The molecule has 0 atom stereocenters. The fraction of sp³-hybridized carbons (Fsp3) is 0.500. The third-order valence-corrected chi connectivity index (χ3v) is 3.35. The van der Waals surface area contributed by atoms with E-state index < -0.39 is 0 Å². The quantitative estimate of drug-likeness (QED) is 0.765. The van der Waals surface area contributed by atoms with E-state index in [0.717, 1.165) is 24.1 Å². The zero-order valence-corrected chi connectivity index (χ0v) is 11.7. The van der Waals surface area contributed by atoms with Crippen LogP contribution in [-0.2, 0) is 0 Å². The summed E-state index contributed by atoms with van der Waals surface area (Å²) < 4.78 is 0. The van der Waals surface area contributed by atoms with Gasteiger partial charge in [-0.25, -0.2) is 0 Å². The highest BCUT2D eigenvalue weighted by Gasteiger charge is 2.32. The number of hydrogen-bond donors (Lipinski definition) is 0. The predicted molar refractivity (Wildman–Crippen MR) is 75.5 cm³/mol. The minimum absolute atomic E-state index is 0.0989. The molecule has 4 heteroatoms. The molecule has 0 N–H and O–H groups in total. The first kappa shape index (κ1) is 13.2. The van der Waals surface area contributed by atoms with Crippen LogP contribution in [0.15, 0.2) is 24.3 Å². The van der Waals surface area contributed by atoms with Crippen LogP contribution in [-0.4, -0.2) is 43.4 Å². The van der Waals surface area contributed by atoms with Gasteiger partial charge in [0.15, 0.2) is 0 Å². The lowest BCUT2D eigenvalue weighted by Crippen LogP contribution is -2.34. The molecule has 1 aromatic carbocycles. The first-order valence-corrected chi connectivity index (χ1v) is 6.81. The summed E-state index contributed by atoms with van der Waals surface area (Å²) in [4.78, 5) is 16.3. The molecule has 0 spiro atoms. The predicted octanol–water partition coefficient (Wildman–Crippen LogP) is 2.60. The minimum atomic E-state index is 0.0989. The number of amides is 1. The molecule has 0 bridgehead atoms. The monoisotopic (exact) mass is 266 g/mol. The SMILES string of the molecule is CN(C)c1cccc(C(=O)N(CCCl)C2CC2)c1. The molecule has 1 saturated carbocycles. The number of halogens is 1. The average Bonchev–Trinajstić information content (AvgIpc) is 3.19. The van der Waals surface area contributed by atoms with E-state index in [4.69, 9.17) is 11.6 Å². The van der Waals surface area contributed by atoms with E-state index in [9.17, 15) is 4.79 Å². The van der Waals surface area contributed by atoms with Crippen molar-refractivity contribution in [3.63, 3.8) is 0 Å². The molecule has 1 aliphatic rings. The maximum Gasteiger partial charge on any atom is 0.254 e. The Kier molecular flexibility index (Phi) is 4.12. The highest BCUT2D eigenvalue weighted by atomic mass is 35.5. The number of carbonyl (C=O) groups excluding carboxylic acids is 1. The van der Waals surface area contributed by atoms with Crippen molar-refractivity contribution >= 4 is 23.2 Å². The van der Waals surface area contributed by atoms with Crippen molar-refractivity contribution in [1.82, 2.24) is 4.90 Å². The number of benzene rings is 1. The molecule has 1 amide bonds. The molecule has 3 nitrogen and oxygen atoms in total. The van der Waals surface area contributed by atoms with Crippen molar-refractivity contribution in [3.8, 4) is 0 Å². The molecule has 0 radical (unpaired) electrons. The molecule has 1 fully saturated rings. The normalized spacial score (nSPS) is 14.4. The van der Waals surface area contributed by atoms with E-state index in [2.05, 4.69) is 0 Å². The van der Waals surface area contributed by atoms with Crippen LogP contribution >= 0.6 is 11.6 Å². The van der Waals surface area contributed by atoms with Crippen LogP contribution in [0.3, 0.4) is 0 Å². The topological polar surface area (TPSA) is 23.6 Å². The van der Waals surface area contributed by atoms with Crippen molar-refractivity contribution in [3.05, 3.63) is 29.8 Å². The highest BCUT2D eigenvalue weighted by Crippen LogP contribution is 2.28. The largest absolute Gasteiger partial charge is 0.378 e. The van der Waals surface area contributed by atoms with E-state index >= 15 is 0 Å². The summed E-state index contributed by atoms with van der Waals surface area (Å²) in [6.45, 7) is 0.636. The standard InChI is InChI=1S/C14H19ClN2O/c1-16(2)13-5-3-4-11(10-13)14(18)17(9-8-15)12-6-7-12/h3-5,10,12H,6-9H2,1-2H3. The second kappa shape index (κ2) is 5.61. The Labute approximate surface area is 113 Å². The van der Waals surface area contributed by atoms with Gasteiger partial charge < -0.3 is 9.80 Å². The van der Waals surface area contributed by atoms with Crippen LogP contribution in [0.5, 0.6) is 0 Å². The Hall–Kier alpha value is -1.22. The van der Waals surface area contributed by atoms with Gasteiger partial charge in [0.2, 0.25) is 0 Å². The van der Waals surface area contributed by atoms with Crippen LogP contribution in [0.2, 0.25) is 0 Å². The van der Waals surface area contributed by atoms with E-state index in [1.165, 1.54) is 0 Å². The molecule has 0 saturated heterocycles. The molecule has 1 aromatic rings. The van der Waals surface area contributed by atoms with E-state index in [1.807, 2.05) is 48.2 Å². The van der Waals surface area contributed by atoms with Crippen LogP contribution < -0.4 is 4.90 Å². The molecular weight excluding hydrogens is 248 g/mol. The van der Waals surface area contributed by atoms with Crippen LogP contribution in [0.1, 0.15) is 23.2 Å². The number of anilines is 1. The van der Waals surface area contributed by atoms with E-state index in [1.54, 1.807) is 0 Å². The Balaban J connectivity index is 2.18. The number of rotatable bonds is 5. The molecule has 1 aliphatic carbocycles. The highest BCUT2D eigenvalue weighted by molar-refractivity contribution is 6.18. The summed E-state index contributed by atoms with van der Waals surface area (Å²) in [6, 6.07) is 8.14. The van der Waals surface area contributed by atoms with E-state index in [0.29, 0.717) is 18.5 Å². The van der Waals surface area contributed by atoms with Gasteiger partial charge in [0, 0.05) is 43.8 Å². The zero-order valence-electron chi connectivity index (χ0n) is 10.9. The summed E-state index contributed by atoms with van der Waals surface area (Å²) in [5, 5.41) is 0. The fourth-order valence-electron chi connectivity index (χ4n) is 2.01. The van der Waals surface area contributed by atoms with Gasteiger partial charge in [0.25, 0.3) is 5.91 Å². The smallest absolute Gasteiger partial charge is 0.254 e. The molecule has 0 aromatic heterocycles. The number of nitrogens with zero attached hydrogens (tertiary/aromatic N) is 2. The van der Waals surface area contributed by atoms with Gasteiger partial charge in [-0.3, -0.25) is 4.79 Å². The maximum absolute atomic E-state index is 12.4. The van der Waals surface area contributed by atoms with Crippen LogP contribution in [0.4, 0.5) is 5.69 Å². The van der Waals surface area contributed by atoms with Crippen molar-refractivity contribution < 1.29 is 4.79 Å². The van der Waals surface area contributed by atoms with Crippen molar-refractivity contribution in [2.75, 3.05) is 31.4 Å². The number of hydrogen-bond acceptors (Lipinski definition) is 2. The van der Waals surface area contributed by atoms with Gasteiger partial charge in [0.05, 0.1) is 0 Å². The van der Waals surface area contributed by atoms with Gasteiger partial charge in [-0.1, -0.05) is 6.07 Å². The Bertz CT molecular complexity index is 430. The second-order valence-corrected chi connectivity index (χ2v) is 5.24. The summed E-state index contributed by atoms with van der Waals surface area (Å²) in [5.74, 6) is 0.595. The zero-order chi connectivity index (χ0) is 13.1. The molecule has 18 heavy (non-hydrogen) atoms. The van der Waals surface area contributed by atoms with Crippen molar-refractivity contribution in [2.45, 2.75) is 18.9 Å². The Morgan fingerprint density at radius 2 is 2.11 bits per heavy atom. The lowest BCUT2D eigenvalue weighted by Gasteiger charge is -2.22. The van der Waals surface area contributed by atoms with Gasteiger partial charge in [0.1, 0.15) is 0 Å². The van der Waals surface area contributed by atoms with Gasteiger partial charge in [-0.05, 0) is 31.0 Å². The van der Waals surface area contributed by atoms with E-state index in [-0.39, 0.29) is 5.91 Å². The lowest BCUT2D eigenvalue weighted by molar-refractivity contribution is 0.0754. The first-order valence-electron chi connectivity index (χ1n) is 6.28. The Morgan fingerprint density at radius 1 is 1.39 bits per heavy atom. The third-order valence-electron chi connectivity index (χ3n) is 3.18. The summed E-state index contributed by atoms with van der Waals surface area (Å²) in [5.41, 5.74) is 1.79. The second-order valence-electron chi connectivity index (χ2n) is 4.86. The van der Waals surface area contributed by atoms with Crippen molar-refractivity contribution in [1.29, 1.82) is 0 Å². The molecule has 2 rings (SSSR count). The lowest BCUT2D eigenvalue weighted by atomic mass is 10.1. The number of alkyl halides is 1. The molecule has 0 aliphatic heterocycles. The Morgan fingerprint density at radius 3 is 2.67 bits per heavy atom. The van der Waals surface area contributed by atoms with Crippen LogP contribution in [0, 0.1) is 0 Å². The molecule has 0 heterocycles. The first-order chi connectivity index (χ1) is 8.63.